The number of hydrogen-bond acceptors (Lipinski definition) is 6. The Hall–Kier alpha value is -2.00. The monoisotopic (exact) mass is 435 g/mol. The summed E-state index contributed by atoms with van der Waals surface area (Å²) in [7, 11) is 0. The Bertz CT molecular complexity index is 705. The first kappa shape index (κ1) is 23.7. The number of carboxylic acids is 2. The van der Waals surface area contributed by atoms with Crippen molar-refractivity contribution in [2.45, 2.75) is 69.8 Å². The van der Waals surface area contributed by atoms with Gasteiger partial charge in [-0.05, 0) is 49.5 Å². The Morgan fingerprint density at radius 2 is 1.74 bits per heavy atom. The molecule has 1 saturated heterocycles. The third-order valence-electron chi connectivity index (χ3n) is 6.50. The molecular weight excluding hydrogens is 402 g/mol. The van der Waals surface area contributed by atoms with Crippen LogP contribution in [0.4, 0.5) is 0 Å². The third-order valence-corrected chi connectivity index (χ3v) is 6.50. The summed E-state index contributed by atoms with van der Waals surface area (Å²) < 4.78 is 5.82. The molecule has 1 aromatic carbocycles. The number of aliphatic hydroxyl groups excluding tert-OH is 1. The molecule has 1 aromatic rings. The van der Waals surface area contributed by atoms with Crippen LogP contribution in [0.5, 0.6) is 0 Å². The number of aliphatic hydroxyl groups is 1. The average molecular weight is 436 g/mol. The molecule has 3 N–H and O–H groups in total. The van der Waals surface area contributed by atoms with Crippen LogP contribution in [-0.4, -0.2) is 63.7 Å². The number of carboxylic acid groups (broad SMARTS) is 2. The lowest BCUT2D eigenvalue weighted by Crippen LogP contribution is -2.48. The zero-order chi connectivity index (χ0) is 22.2. The Kier molecular flexibility index (Phi) is 8.83. The Morgan fingerprint density at radius 3 is 2.39 bits per heavy atom. The molecular formula is C23H33NO7. The molecule has 2 unspecified atom stereocenters. The maximum atomic E-state index is 11.4. The van der Waals surface area contributed by atoms with Crippen molar-refractivity contribution >= 4 is 11.9 Å². The summed E-state index contributed by atoms with van der Waals surface area (Å²) in [6.07, 6.45) is 3.18. The average Bonchev–Trinajstić information content (AvgIpc) is 3.24. The standard InChI is InChI=1S/C23H33NO7/c25-20(22(26)27)21(23(28)29)31-24-13-4-7-19(24)18-10-8-16(9-11-18)12-14-30-15-17-5-2-1-3-6-17/h1-3,5-6,16,18-21,25H,4,7-15H2,(H,26,27)(H,28,29)/t16?,18?,19-,20?,21?/m1/s1. The van der Waals surface area contributed by atoms with E-state index in [4.69, 9.17) is 14.7 Å². The van der Waals surface area contributed by atoms with E-state index in [0.29, 0.717) is 25.0 Å². The number of hydrogen-bond donors (Lipinski definition) is 3. The minimum atomic E-state index is -2.09. The minimum Gasteiger partial charge on any atom is -0.479 e. The van der Waals surface area contributed by atoms with Crippen molar-refractivity contribution in [3.05, 3.63) is 35.9 Å². The number of ether oxygens (including phenoxy) is 1. The second kappa shape index (κ2) is 11.6. The largest absolute Gasteiger partial charge is 0.479 e. The summed E-state index contributed by atoms with van der Waals surface area (Å²) in [5.41, 5.74) is 1.18. The third kappa shape index (κ3) is 6.74. The summed E-state index contributed by atoms with van der Waals surface area (Å²) in [4.78, 5) is 27.9. The molecule has 8 heteroatoms. The Balaban J connectivity index is 1.41. The van der Waals surface area contributed by atoms with E-state index in [1.807, 2.05) is 18.2 Å². The van der Waals surface area contributed by atoms with E-state index in [0.717, 1.165) is 51.6 Å². The van der Waals surface area contributed by atoms with Crippen LogP contribution in [0, 0.1) is 11.8 Å². The van der Waals surface area contributed by atoms with Gasteiger partial charge in [0.25, 0.3) is 0 Å². The van der Waals surface area contributed by atoms with Gasteiger partial charge in [-0.2, -0.15) is 5.06 Å². The second-order valence-electron chi connectivity index (χ2n) is 8.61. The normalized spacial score (nSPS) is 26.4. The van der Waals surface area contributed by atoms with E-state index < -0.39 is 24.1 Å². The van der Waals surface area contributed by atoms with Crippen LogP contribution in [0.2, 0.25) is 0 Å². The quantitative estimate of drug-likeness (QED) is 0.454. The van der Waals surface area contributed by atoms with Gasteiger partial charge in [0, 0.05) is 19.2 Å². The van der Waals surface area contributed by atoms with E-state index in [2.05, 4.69) is 12.1 Å². The number of benzene rings is 1. The molecule has 3 rings (SSSR count). The van der Waals surface area contributed by atoms with Crippen molar-refractivity contribution < 1.29 is 34.5 Å². The molecule has 0 bridgehead atoms. The maximum Gasteiger partial charge on any atom is 0.338 e. The summed E-state index contributed by atoms with van der Waals surface area (Å²) in [6.45, 7) is 1.93. The number of nitrogens with zero attached hydrogens (tertiary/aromatic N) is 1. The Morgan fingerprint density at radius 1 is 1.03 bits per heavy atom. The highest BCUT2D eigenvalue weighted by atomic mass is 16.7. The Labute approximate surface area is 182 Å². The number of hydroxylamine groups is 2. The molecule has 1 heterocycles. The first-order valence-corrected chi connectivity index (χ1v) is 11.1. The molecule has 0 aromatic heterocycles. The van der Waals surface area contributed by atoms with Gasteiger partial charge in [-0.25, -0.2) is 9.59 Å². The van der Waals surface area contributed by atoms with Crippen molar-refractivity contribution in [2.24, 2.45) is 11.8 Å². The van der Waals surface area contributed by atoms with Gasteiger partial charge < -0.3 is 20.1 Å². The molecule has 2 fully saturated rings. The maximum absolute atomic E-state index is 11.4. The topological polar surface area (TPSA) is 117 Å². The first-order valence-electron chi connectivity index (χ1n) is 11.1. The van der Waals surface area contributed by atoms with Crippen LogP contribution >= 0.6 is 0 Å². The van der Waals surface area contributed by atoms with Crippen molar-refractivity contribution in [3.8, 4) is 0 Å². The predicted octanol–water partition coefficient (Wildman–Crippen LogP) is 2.69. The van der Waals surface area contributed by atoms with Crippen LogP contribution in [-0.2, 0) is 25.8 Å². The van der Waals surface area contributed by atoms with Crippen LogP contribution < -0.4 is 0 Å². The highest BCUT2D eigenvalue weighted by molar-refractivity contribution is 5.83. The lowest BCUT2D eigenvalue weighted by atomic mass is 9.77. The lowest BCUT2D eigenvalue weighted by Gasteiger charge is -2.37. The zero-order valence-corrected chi connectivity index (χ0v) is 17.8. The summed E-state index contributed by atoms with van der Waals surface area (Å²) >= 11 is 0. The summed E-state index contributed by atoms with van der Waals surface area (Å²) in [6, 6.07) is 10.2. The van der Waals surface area contributed by atoms with E-state index >= 15 is 0 Å². The van der Waals surface area contributed by atoms with Gasteiger partial charge in [0.15, 0.2) is 6.10 Å². The fraction of sp³-hybridized carbons (Fsp3) is 0.652. The fourth-order valence-electron chi connectivity index (χ4n) is 4.76. The second-order valence-corrected chi connectivity index (χ2v) is 8.61. The predicted molar refractivity (Wildman–Crippen MR) is 112 cm³/mol. The van der Waals surface area contributed by atoms with Crippen molar-refractivity contribution in [1.29, 1.82) is 0 Å². The van der Waals surface area contributed by atoms with Gasteiger partial charge in [0.05, 0.1) is 6.61 Å². The number of aliphatic carboxylic acids is 2. The van der Waals surface area contributed by atoms with Crippen LogP contribution in [0.15, 0.2) is 30.3 Å². The molecule has 172 valence electrons. The van der Waals surface area contributed by atoms with E-state index in [-0.39, 0.29) is 6.04 Å². The van der Waals surface area contributed by atoms with E-state index in [9.17, 15) is 19.8 Å². The summed E-state index contributed by atoms with van der Waals surface area (Å²) in [5.74, 6) is -2.05. The van der Waals surface area contributed by atoms with Crippen molar-refractivity contribution in [2.75, 3.05) is 13.2 Å². The van der Waals surface area contributed by atoms with Gasteiger partial charge in [0.1, 0.15) is 0 Å². The molecule has 0 spiro atoms. The van der Waals surface area contributed by atoms with Gasteiger partial charge in [0.2, 0.25) is 6.10 Å². The molecule has 1 aliphatic heterocycles. The van der Waals surface area contributed by atoms with Gasteiger partial charge in [-0.15, -0.1) is 0 Å². The van der Waals surface area contributed by atoms with E-state index in [1.165, 1.54) is 5.56 Å². The van der Waals surface area contributed by atoms with Crippen molar-refractivity contribution in [1.82, 2.24) is 5.06 Å². The van der Waals surface area contributed by atoms with Gasteiger partial charge >= 0.3 is 11.9 Å². The smallest absolute Gasteiger partial charge is 0.338 e. The lowest BCUT2D eigenvalue weighted by molar-refractivity contribution is -0.242. The highest BCUT2D eigenvalue weighted by Gasteiger charge is 2.41. The molecule has 0 amide bonds. The van der Waals surface area contributed by atoms with E-state index in [1.54, 1.807) is 5.06 Å². The number of carbonyl (C=O) groups is 2. The van der Waals surface area contributed by atoms with Gasteiger partial charge in [-0.3, -0.25) is 4.84 Å². The van der Waals surface area contributed by atoms with Crippen LogP contribution in [0.1, 0.15) is 50.5 Å². The highest BCUT2D eigenvalue weighted by Crippen LogP contribution is 2.38. The van der Waals surface area contributed by atoms with Crippen LogP contribution in [0.3, 0.4) is 0 Å². The molecule has 2 aliphatic rings. The zero-order valence-electron chi connectivity index (χ0n) is 17.8. The van der Waals surface area contributed by atoms with Crippen LogP contribution in [0.25, 0.3) is 0 Å². The molecule has 0 radical (unpaired) electrons. The molecule has 1 saturated carbocycles. The first-order chi connectivity index (χ1) is 15.0. The summed E-state index contributed by atoms with van der Waals surface area (Å²) in [5, 5.41) is 29.5. The molecule has 3 atom stereocenters. The van der Waals surface area contributed by atoms with Gasteiger partial charge in [-0.1, -0.05) is 43.2 Å². The number of rotatable bonds is 11. The molecule has 8 nitrogen and oxygen atoms in total. The molecule has 1 aliphatic carbocycles. The fourth-order valence-corrected chi connectivity index (χ4v) is 4.76. The minimum absolute atomic E-state index is 0.0677. The van der Waals surface area contributed by atoms with Crippen molar-refractivity contribution in [3.63, 3.8) is 0 Å². The molecule has 31 heavy (non-hydrogen) atoms. The SMILES string of the molecule is O=C(O)C(O)C(ON1CCC[C@@H]1C1CCC(CCOCc2ccccc2)CC1)C(=O)O.